The van der Waals surface area contributed by atoms with E-state index < -0.39 is 6.10 Å². The van der Waals surface area contributed by atoms with Crippen LogP contribution in [-0.2, 0) is 7.05 Å². The molecule has 2 N–H and O–H groups in total. The lowest BCUT2D eigenvalue weighted by molar-refractivity contribution is 0.0769. The molecule has 0 radical (unpaired) electrons. The molecule has 164 valence electrons. The first-order chi connectivity index (χ1) is 15.4. The number of benzene rings is 1. The van der Waals surface area contributed by atoms with Crippen LogP contribution in [0.15, 0.2) is 42.7 Å². The van der Waals surface area contributed by atoms with Gasteiger partial charge in [-0.25, -0.2) is 0 Å². The summed E-state index contributed by atoms with van der Waals surface area (Å²) in [6.07, 6.45) is 3.60. The number of aliphatic hydroxyl groups is 1. The predicted octanol–water partition coefficient (Wildman–Crippen LogP) is 3.15. The number of carbonyl (C=O) groups excluding carboxylic acids is 2. The first-order valence-corrected chi connectivity index (χ1v) is 11.1. The first-order valence-electron chi connectivity index (χ1n) is 10.3. The van der Waals surface area contributed by atoms with Gasteiger partial charge in [0.15, 0.2) is 0 Å². The van der Waals surface area contributed by atoms with E-state index in [-0.39, 0.29) is 11.8 Å². The average molecular weight is 451 g/mol. The summed E-state index contributed by atoms with van der Waals surface area (Å²) in [5.74, 6) is 1.00. The Morgan fingerprint density at radius 3 is 2.88 bits per heavy atom. The monoisotopic (exact) mass is 450 g/mol. The van der Waals surface area contributed by atoms with Crippen LogP contribution in [0.2, 0.25) is 0 Å². The Balaban J connectivity index is 1.47. The lowest BCUT2D eigenvalue weighted by Crippen LogP contribution is -2.28. The molecule has 1 atom stereocenters. The predicted molar refractivity (Wildman–Crippen MR) is 123 cm³/mol. The number of fused-ring (bicyclic) bond motifs is 2. The van der Waals surface area contributed by atoms with Crippen molar-refractivity contribution in [2.45, 2.75) is 12.5 Å². The fourth-order valence-electron chi connectivity index (χ4n) is 4.05. The van der Waals surface area contributed by atoms with Crippen molar-refractivity contribution < 1.29 is 19.4 Å². The van der Waals surface area contributed by atoms with E-state index in [4.69, 9.17) is 4.74 Å². The van der Waals surface area contributed by atoms with Crippen molar-refractivity contribution in [3.63, 3.8) is 0 Å². The van der Waals surface area contributed by atoms with E-state index in [1.165, 1.54) is 11.3 Å². The molecule has 0 aliphatic carbocycles. The van der Waals surface area contributed by atoms with Crippen LogP contribution in [0, 0.1) is 0 Å². The van der Waals surface area contributed by atoms with Gasteiger partial charge >= 0.3 is 0 Å². The molecule has 1 aromatic carbocycles. The Morgan fingerprint density at radius 2 is 2.12 bits per heavy atom. The summed E-state index contributed by atoms with van der Waals surface area (Å²) in [6, 6.07) is 9.13. The maximum Gasteiger partial charge on any atom is 0.264 e. The molecule has 0 saturated carbocycles. The number of aromatic nitrogens is 2. The number of aliphatic hydroxyl groups excluding tert-OH is 1. The van der Waals surface area contributed by atoms with E-state index in [2.05, 4.69) is 10.3 Å². The summed E-state index contributed by atoms with van der Waals surface area (Å²) in [6.45, 7) is 0.915. The fraction of sp³-hybridized carbons (Fsp3) is 0.261. The number of hydrogen-bond donors (Lipinski definition) is 2. The third kappa shape index (κ3) is 3.49. The van der Waals surface area contributed by atoms with Gasteiger partial charge in [-0.3, -0.25) is 14.6 Å². The molecule has 5 rings (SSSR count). The molecule has 1 saturated heterocycles. The molecule has 1 aliphatic rings. The number of rotatable bonds is 4. The van der Waals surface area contributed by atoms with Gasteiger partial charge in [-0.2, -0.15) is 0 Å². The summed E-state index contributed by atoms with van der Waals surface area (Å²) in [4.78, 5) is 31.6. The minimum absolute atomic E-state index is 0.0949. The summed E-state index contributed by atoms with van der Waals surface area (Å²) in [5.41, 5.74) is 2.18. The van der Waals surface area contributed by atoms with E-state index in [1.807, 2.05) is 29.8 Å². The normalized spacial score (nSPS) is 16.1. The van der Waals surface area contributed by atoms with Crippen molar-refractivity contribution in [2.24, 2.45) is 7.05 Å². The van der Waals surface area contributed by atoms with Crippen LogP contribution in [0.5, 0.6) is 11.5 Å². The molecular formula is C23H22N4O4S. The summed E-state index contributed by atoms with van der Waals surface area (Å²) in [7, 11) is 3.49. The molecule has 3 aromatic heterocycles. The van der Waals surface area contributed by atoms with E-state index in [0.717, 1.165) is 15.6 Å². The number of thiophene rings is 1. The summed E-state index contributed by atoms with van der Waals surface area (Å²) in [5, 5.41) is 13.2. The number of likely N-dealkylation sites (tertiary alicyclic amines) is 1. The van der Waals surface area contributed by atoms with Crippen LogP contribution < -0.4 is 10.1 Å². The number of hydrogen-bond acceptors (Lipinski definition) is 6. The van der Waals surface area contributed by atoms with Gasteiger partial charge in [0, 0.05) is 57.1 Å². The van der Waals surface area contributed by atoms with Crippen LogP contribution in [0.4, 0.5) is 0 Å². The highest BCUT2D eigenvalue weighted by Gasteiger charge is 2.27. The summed E-state index contributed by atoms with van der Waals surface area (Å²) >= 11 is 1.34. The topological polar surface area (TPSA) is 96.7 Å². The van der Waals surface area contributed by atoms with E-state index in [0.29, 0.717) is 47.0 Å². The second-order valence-electron chi connectivity index (χ2n) is 7.84. The zero-order valence-electron chi connectivity index (χ0n) is 17.7. The largest absolute Gasteiger partial charge is 0.456 e. The van der Waals surface area contributed by atoms with Crippen LogP contribution in [0.3, 0.4) is 0 Å². The van der Waals surface area contributed by atoms with Gasteiger partial charge in [0.05, 0.1) is 32.3 Å². The number of aryl methyl sites for hydroxylation is 1. The van der Waals surface area contributed by atoms with Gasteiger partial charge in [-0.05, 0) is 24.6 Å². The second-order valence-corrected chi connectivity index (χ2v) is 8.89. The lowest BCUT2D eigenvalue weighted by atomic mass is 10.1. The standard InChI is InChI=1S/C23H22N4O4S/c1-24-22(29)16-12-26(2)18-9-14(3-4-15(16)18)31-19-5-7-25-17-10-20(32-21(17)19)23(30)27-8-6-13(28)11-27/h3-5,7,9-10,12-13,28H,6,8,11H2,1-2H3,(H,24,29). The zero-order chi connectivity index (χ0) is 22.4. The van der Waals surface area contributed by atoms with Crippen molar-refractivity contribution in [1.82, 2.24) is 19.8 Å². The van der Waals surface area contributed by atoms with Crippen LogP contribution in [0.1, 0.15) is 26.5 Å². The van der Waals surface area contributed by atoms with Gasteiger partial charge in [0.2, 0.25) is 0 Å². The van der Waals surface area contributed by atoms with Crippen LogP contribution >= 0.6 is 11.3 Å². The van der Waals surface area contributed by atoms with Gasteiger partial charge in [0.25, 0.3) is 11.8 Å². The summed E-state index contributed by atoms with van der Waals surface area (Å²) < 4.78 is 8.85. The van der Waals surface area contributed by atoms with Crippen molar-refractivity contribution in [3.8, 4) is 11.5 Å². The smallest absolute Gasteiger partial charge is 0.264 e. The molecule has 2 amide bonds. The molecule has 32 heavy (non-hydrogen) atoms. The fourth-order valence-corrected chi connectivity index (χ4v) is 5.09. The highest BCUT2D eigenvalue weighted by atomic mass is 32.1. The minimum Gasteiger partial charge on any atom is -0.456 e. The molecule has 4 aromatic rings. The Morgan fingerprint density at radius 1 is 1.28 bits per heavy atom. The molecule has 0 bridgehead atoms. The minimum atomic E-state index is -0.457. The van der Waals surface area contributed by atoms with E-state index in [9.17, 15) is 14.7 Å². The molecule has 1 aliphatic heterocycles. The number of nitrogens with one attached hydrogen (secondary N) is 1. The van der Waals surface area contributed by atoms with Crippen molar-refractivity contribution >= 4 is 44.3 Å². The molecule has 1 unspecified atom stereocenters. The Kier molecular flexibility index (Phi) is 5.07. The Labute approximate surface area is 188 Å². The Bertz CT molecular complexity index is 1360. The zero-order valence-corrected chi connectivity index (χ0v) is 18.5. The number of β-amino-alcohol motifs (C(OH)–C–C–N with tert-alkyl or cyclic N) is 1. The molecular weight excluding hydrogens is 428 g/mol. The first kappa shape index (κ1) is 20.5. The highest BCUT2D eigenvalue weighted by Crippen LogP contribution is 2.36. The van der Waals surface area contributed by atoms with Gasteiger partial charge in [0.1, 0.15) is 11.5 Å². The van der Waals surface area contributed by atoms with Gasteiger partial charge in [-0.1, -0.05) is 0 Å². The molecule has 1 fully saturated rings. The lowest BCUT2D eigenvalue weighted by Gasteiger charge is -2.13. The molecule has 0 spiro atoms. The van der Waals surface area contributed by atoms with Crippen molar-refractivity contribution in [2.75, 3.05) is 20.1 Å². The SMILES string of the molecule is CNC(=O)c1cn(C)c2cc(Oc3ccnc4cc(C(=O)N5CCC(O)C5)sc34)ccc12. The molecule has 4 heterocycles. The van der Waals surface area contributed by atoms with Gasteiger partial charge in [-0.15, -0.1) is 11.3 Å². The molecule has 8 nitrogen and oxygen atoms in total. The highest BCUT2D eigenvalue weighted by molar-refractivity contribution is 7.21. The van der Waals surface area contributed by atoms with E-state index in [1.54, 1.807) is 36.5 Å². The third-order valence-corrected chi connectivity index (χ3v) is 6.83. The van der Waals surface area contributed by atoms with Crippen LogP contribution in [0.25, 0.3) is 21.1 Å². The second kappa shape index (κ2) is 7.92. The third-order valence-electron chi connectivity index (χ3n) is 5.70. The van der Waals surface area contributed by atoms with E-state index >= 15 is 0 Å². The number of amides is 2. The average Bonchev–Trinajstić information content (AvgIpc) is 3.50. The quantitative estimate of drug-likeness (QED) is 0.498. The number of nitrogens with zero attached hydrogens (tertiary/aromatic N) is 3. The number of carbonyl (C=O) groups is 2. The number of pyridine rings is 1. The van der Waals surface area contributed by atoms with Crippen LogP contribution in [-0.4, -0.2) is 57.6 Å². The maximum absolute atomic E-state index is 12.8. The van der Waals surface area contributed by atoms with Crippen molar-refractivity contribution in [1.29, 1.82) is 0 Å². The molecule has 9 heteroatoms. The van der Waals surface area contributed by atoms with Crippen molar-refractivity contribution in [3.05, 3.63) is 53.2 Å². The number of ether oxygens (including phenoxy) is 1. The maximum atomic E-state index is 12.8. The van der Waals surface area contributed by atoms with Gasteiger partial charge < -0.3 is 24.6 Å². The Hall–Kier alpha value is -3.43.